The molecule has 4 nitrogen and oxygen atoms in total. The molecule has 1 aromatic rings. The van der Waals surface area contributed by atoms with Crippen molar-refractivity contribution in [3.05, 3.63) is 22.8 Å². The molecule has 6 heteroatoms. The summed E-state index contributed by atoms with van der Waals surface area (Å²) >= 11 is 7.73. The molecule has 1 saturated heterocycles. The van der Waals surface area contributed by atoms with Crippen molar-refractivity contribution in [3.63, 3.8) is 0 Å². The number of aromatic carboxylic acids is 1. The summed E-state index contributed by atoms with van der Waals surface area (Å²) in [5.41, 5.74) is 0.216. The van der Waals surface area contributed by atoms with E-state index in [-0.39, 0.29) is 5.56 Å². The standard InChI is InChI=1S/C11H13ClN2O2S/c1-7-6-14(4-5-17-7)10-8(11(15)16)2-3-9(12)13-10/h2-3,7H,4-6H2,1H3,(H,15,16). The molecule has 1 fully saturated rings. The highest BCUT2D eigenvalue weighted by atomic mass is 35.5. The first-order valence-electron chi connectivity index (χ1n) is 5.34. The monoisotopic (exact) mass is 272 g/mol. The van der Waals surface area contributed by atoms with E-state index in [0.29, 0.717) is 16.2 Å². The maximum absolute atomic E-state index is 11.1. The normalized spacial score (nSPS) is 20.4. The van der Waals surface area contributed by atoms with Crippen LogP contribution in [0, 0.1) is 0 Å². The van der Waals surface area contributed by atoms with Gasteiger partial charge in [0, 0.05) is 24.1 Å². The summed E-state index contributed by atoms with van der Waals surface area (Å²) in [5, 5.41) is 9.95. The third-order valence-corrected chi connectivity index (χ3v) is 3.96. The summed E-state index contributed by atoms with van der Waals surface area (Å²) < 4.78 is 0. The number of halogens is 1. The van der Waals surface area contributed by atoms with E-state index in [9.17, 15) is 4.79 Å². The van der Waals surface area contributed by atoms with Crippen molar-refractivity contribution in [2.45, 2.75) is 12.2 Å². The fraction of sp³-hybridized carbons (Fsp3) is 0.455. The Morgan fingerprint density at radius 2 is 2.41 bits per heavy atom. The number of anilines is 1. The van der Waals surface area contributed by atoms with Gasteiger partial charge in [-0.3, -0.25) is 0 Å². The minimum Gasteiger partial charge on any atom is -0.478 e. The summed E-state index contributed by atoms with van der Waals surface area (Å²) in [7, 11) is 0. The number of nitrogens with zero attached hydrogens (tertiary/aromatic N) is 2. The number of pyridine rings is 1. The molecule has 0 saturated carbocycles. The van der Waals surface area contributed by atoms with E-state index in [0.717, 1.165) is 18.8 Å². The van der Waals surface area contributed by atoms with Gasteiger partial charge >= 0.3 is 5.97 Å². The molecule has 0 aromatic carbocycles. The SMILES string of the molecule is CC1CN(c2nc(Cl)ccc2C(=O)O)CCS1. The Morgan fingerprint density at radius 3 is 3.06 bits per heavy atom. The molecule has 1 atom stereocenters. The van der Waals surface area contributed by atoms with Crippen molar-refractivity contribution in [3.8, 4) is 0 Å². The van der Waals surface area contributed by atoms with Gasteiger partial charge in [-0.15, -0.1) is 0 Å². The average molecular weight is 273 g/mol. The Labute approximate surface area is 109 Å². The lowest BCUT2D eigenvalue weighted by Crippen LogP contribution is -2.38. The smallest absolute Gasteiger partial charge is 0.339 e. The van der Waals surface area contributed by atoms with Crippen molar-refractivity contribution in [2.75, 3.05) is 23.7 Å². The molecule has 1 unspecified atom stereocenters. The van der Waals surface area contributed by atoms with E-state index in [1.54, 1.807) is 0 Å². The van der Waals surface area contributed by atoms with E-state index in [1.807, 2.05) is 16.7 Å². The zero-order valence-corrected chi connectivity index (χ0v) is 11.0. The lowest BCUT2D eigenvalue weighted by atomic mass is 10.2. The topological polar surface area (TPSA) is 53.4 Å². The maximum Gasteiger partial charge on any atom is 0.339 e. The quantitative estimate of drug-likeness (QED) is 0.838. The predicted molar refractivity (Wildman–Crippen MR) is 70.3 cm³/mol. The van der Waals surface area contributed by atoms with Crippen LogP contribution >= 0.6 is 23.4 Å². The van der Waals surface area contributed by atoms with Crippen molar-refractivity contribution in [2.24, 2.45) is 0 Å². The minimum absolute atomic E-state index is 0.216. The Hall–Kier alpha value is -0.940. The van der Waals surface area contributed by atoms with Gasteiger partial charge < -0.3 is 10.0 Å². The van der Waals surface area contributed by atoms with E-state index >= 15 is 0 Å². The number of aromatic nitrogens is 1. The molecule has 92 valence electrons. The fourth-order valence-electron chi connectivity index (χ4n) is 1.84. The molecule has 1 N–H and O–H groups in total. The molecule has 2 rings (SSSR count). The van der Waals surface area contributed by atoms with Crippen LogP contribution in [0.2, 0.25) is 5.15 Å². The predicted octanol–water partition coefficient (Wildman–Crippen LogP) is 2.37. The molecule has 0 amide bonds. The largest absolute Gasteiger partial charge is 0.478 e. The summed E-state index contributed by atoms with van der Waals surface area (Å²) in [4.78, 5) is 17.3. The van der Waals surface area contributed by atoms with E-state index < -0.39 is 5.97 Å². The first-order chi connectivity index (χ1) is 8.08. The van der Waals surface area contributed by atoms with Gasteiger partial charge in [-0.1, -0.05) is 18.5 Å². The number of hydrogen-bond acceptors (Lipinski definition) is 4. The lowest BCUT2D eigenvalue weighted by molar-refractivity contribution is 0.0697. The third kappa shape index (κ3) is 2.84. The van der Waals surface area contributed by atoms with Crippen molar-refractivity contribution in [1.29, 1.82) is 0 Å². The fourth-order valence-corrected chi connectivity index (χ4v) is 3.00. The Morgan fingerprint density at radius 1 is 1.65 bits per heavy atom. The molecule has 0 radical (unpaired) electrons. The third-order valence-electron chi connectivity index (χ3n) is 2.61. The van der Waals surface area contributed by atoms with Crippen LogP contribution in [0.15, 0.2) is 12.1 Å². The van der Waals surface area contributed by atoms with Gasteiger partial charge in [-0.2, -0.15) is 11.8 Å². The van der Waals surface area contributed by atoms with Crippen LogP contribution in [0.4, 0.5) is 5.82 Å². The van der Waals surface area contributed by atoms with E-state index in [4.69, 9.17) is 16.7 Å². The summed E-state index contributed by atoms with van der Waals surface area (Å²) in [6, 6.07) is 3.02. The van der Waals surface area contributed by atoms with Crippen LogP contribution < -0.4 is 4.90 Å². The van der Waals surface area contributed by atoms with Crippen molar-refractivity contribution < 1.29 is 9.90 Å². The highest BCUT2D eigenvalue weighted by Gasteiger charge is 2.23. The molecule has 17 heavy (non-hydrogen) atoms. The molecule has 1 aliphatic rings. The molecule has 1 aromatic heterocycles. The Bertz CT molecular complexity index is 441. The van der Waals surface area contributed by atoms with Crippen LogP contribution in [0.3, 0.4) is 0 Å². The second-order valence-electron chi connectivity index (χ2n) is 3.94. The number of hydrogen-bond donors (Lipinski definition) is 1. The highest BCUT2D eigenvalue weighted by Crippen LogP contribution is 2.26. The molecular weight excluding hydrogens is 260 g/mol. The first kappa shape index (κ1) is 12.5. The van der Waals surface area contributed by atoms with Crippen LogP contribution in [-0.2, 0) is 0 Å². The lowest BCUT2D eigenvalue weighted by Gasteiger charge is -2.32. The minimum atomic E-state index is -0.963. The van der Waals surface area contributed by atoms with Crippen molar-refractivity contribution >= 4 is 35.1 Å². The summed E-state index contributed by atoms with van der Waals surface area (Å²) in [5.74, 6) is 0.501. The zero-order valence-electron chi connectivity index (χ0n) is 9.39. The van der Waals surface area contributed by atoms with Gasteiger partial charge in [0.15, 0.2) is 0 Å². The molecular formula is C11H13ClN2O2S. The number of carboxylic acid groups (broad SMARTS) is 1. The summed E-state index contributed by atoms with van der Waals surface area (Å²) in [6.07, 6.45) is 0. The van der Waals surface area contributed by atoms with Crippen LogP contribution in [-0.4, -0.2) is 40.2 Å². The average Bonchev–Trinajstić information content (AvgIpc) is 2.28. The van der Waals surface area contributed by atoms with Crippen molar-refractivity contribution in [1.82, 2.24) is 4.98 Å². The van der Waals surface area contributed by atoms with E-state index in [1.165, 1.54) is 12.1 Å². The van der Waals surface area contributed by atoms with Gasteiger partial charge in [0.2, 0.25) is 0 Å². The van der Waals surface area contributed by atoms with Gasteiger partial charge in [0.05, 0.1) is 0 Å². The van der Waals surface area contributed by atoms with Gasteiger partial charge in [-0.05, 0) is 12.1 Å². The number of carboxylic acids is 1. The molecule has 1 aliphatic heterocycles. The number of rotatable bonds is 2. The molecule has 0 bridgehead atoms. The molecule has 0 spiro atoms. The molecule has 2 heterocycles. The second kappa shape index (κ2) is 5.14. The second-order valence-corrected chi connectivity index (χ2v) is 5.87. The maximum atomic E-state index is 11.1. The Kier molecular flexibility index (Phi) is 3.79. The van der Waals surface area contributed by atoms with E-state index in [2.05, 4.69) is 11.9 Å². The number of thioether (sulfide) groups is 1. The first-order valence-corrected chi connectivity index (χ1v) is 6.77. The van der Waals surface area contributed by atoms with Gasteiger partial charge in [0.1, 0.15) is 16.5 Å². The summed E-state index contributed by atoms with van der Waals surface area (Å²) in [6.45, 7) is 3.74. The Balaban J connectivity index is 2.35. The highest BCUT2D eigenvalue weighted by molar-refractivity contribution is 8.00. The van der Waals surface area contributed by atoms with Crippen LogP contribution in [0.5, 0.6) is 0 Å². The van der Waals surface area contributed by atoms with Gasteiger partial charge in [-0.25, -0.2) is 9.78 Å². The van der Waals surface area contributed by atoms with Crippen LogP contribution in [0.25, 0.3) is 0 Å². The van der Waals surface area contributed by atoms with Gasteiger partial charge in [0.25, 0.3) is 0 Å². The van der Waals surface area contributed by atoms with Crippen LogP contribution in [0.1, 0.15) is 17.3 Å². The number of carbonyl (C=O) groups is 1. The molecule has 0 aliphatic carbocycles. The zero-order chi connectivity index (χ0) is 12.4.